The molecular formula is C16H24N2O2. The number of hydrogen-bond acceptors (Lipinski definition) is 3. The molecule has 110 valence electrons. The van der Waals surface area contributed by atoms with Gasteiger partial charge in [-0.05, 0) is 37.3 Å². The molecule has 1 aromatic rings. The molecule has 1 aromatic carbocycles. The Labute approximate surface area is 120 Å². The van der Waals surface area contributed by atoms with Gasteiger partial charge in [0.2, 0.25) is 5.91 Å². The summed E-state index contributed by atoms with van der Waals surface area (Å²) < 4.78 is 0. The zero-order valence-corrected chi connectivity index (χ0v) is 11.8. The van der Waals surface area contributed by atoms with E-state index in [1.807, 2.05) is 30.3 Å². The highest BCUT2D eigenvalue weighted by Crippen LogP contribution is 2.27. The minimum atomic E-state index is 0.0320. The maximum absolute atomic E-state index is 11.7. The highest BCUT2D eigenvalue weighted by Gasteiger charge is 2.20. The van der Waals surface area contributed by atoms with E-state index in [4.69, 9.17) is 5.11 Å². The fraction of sp³-hybridized carbons (Fsp3) is 0.562. The maximum atomic E-state index is 11.7. The van der Waals surface area contributed by atoms with Crippen LogP contribution in [0.25, 0.3) is 0 Å². The molecule has 0 radical (unpaired) electrons. The lowest BCUT2D eigenvalue weighted by Crippen LogP contribution is -2.37. The summed E-state index contributed by atoms with van der Waals surface area (Å²) in [6, 6.07) is 10.0. The molecule has 4 nitrogen and oxygen atoms in total. The van der Waals surface area contributed by atoms with Crippen molar-refractivity contribution in [2.75, 3.05) is 26.2 Å². The lowest BCUT2D eigenvalue weighted by atomic mass is 9.96. The molecule has 0 aliphatic heterocycles. The summed E-state index contributed by atoms with van der Waals surface area (Å²) in [6.45, 7) is 2.05. The van der Waals surface area contributed by atoms with Gasteiger partial charge >= 0.3 is 0 Å². The van der Waals surface area contributed by atoms with Gasteiger partial charge in [0.05, 0.1) is 6.54 Å². The Kier molecular flexibility index (Phi) is 6.02. The van der Waals surface area contributed by atoms with Crippen molar-refractivity contribution in [3.63, 3.8) is 0 Å². The second kappa shape index (κ2) is 8.02. The van der Waals surface area contributed by atoms with E-state index in [-0.39, 0.29) is 18.4 Å². The minimum absolute atomic E-state index is 0.0320. The molecule has 1 unspecified atom stereocenters. The first kappa shape index (κ1) is 15.0. The van der Waals surface area contributed by atoms with Crippen LogP contribution in [0.2, 0.25) is 0 Å². The molecule has 2 rings (SSSR count). The van der Waals surface area contributed by atoms with Crippen molar-refractivity contribution in [3.05, 3.63) is 35.9 Å². The Bertz CT molecular complexity index is 404. The Morgan fingerprint density at radius 1 is 1.30 bits per heavy atom. The van der Waals surface area contributed by atoms with Gasteiger partial charge in [-0.15, -0.1) is 0 Å². The highest BCUT2D eigenvalue weighted by atomic mass is 16.3. The van der Waals surface area contributed by atoms with Crippen LogP contribution in [0.4, 0.5) is 0 Å². The van der Waals surface area contributed by atoms with Gasteiger partial charge in [-0.3, -0.25) is 4.79 Å². The average Bonchev–Trinajstić information content (AvgIpc) is 3.28. The van der Waals surface area contributed by atoms with Gasteiger partial charge < -0.3 is 15.7 Å². The number of carbonyl (C=O) groups is 1. The zero-order chi connectivity index (χ0) is 14.2. The third-order valence-corrected chi connectivity index (χ3v) is 3.71. The predicted molar refractivity (Wildman–Crippen MR) is 79.5 cm³/mol. The first-order valence-electron chi connectivity index (χ1n) is 7.43. The van der Waals surface area contributed by atoms with Crippen LogP contribution in [0.3, 0.4) is 0 Å². The van der Waals surface area contributed by atoms with Gasteiger partial charge in [0.25, 0.3) is 0 Å². The predicted octanol–water partition coefficient (Wildman–Crippen LogP) is 1.27. The number of aliphatic hydroxyl groups excluding tert-OH is 1. The van der Waals surface area contributed by atoms with E-state index >= 15 is 0 Å². The number of hydrogen-bond donors (Lipinski definition) is 3. The first-order chi connectivity index (χ1) is 9.79. The topological polar surface area (TPSA) is 61.4 Å². The molecule has 1 aliphatic carbocycles. The first-order valence-corrected chi connectivity index (χ1v) is 7.43. The Hall–Kier alpha value is -1.39. The molecule has 1 aliphatic rings. The van der Waals surface area contributed by atoms with Crippen LogP contribution in [0, 0.1) is 5.92 Å². The van der Waals surface area contributed by atoms with E-state index in [0.717, 1.165) is 18.0 Å². The summed E-state index contributed by atoms with van der Waals surface area (Å²) in [5.41, 5.74) is 1.16. The van der Waals surface area contributed by atoms with E-state index < -0.39 is 0 Å². The van der Waals surface area contributed by atoms with E-state index in [1.54, 1.807) is 0 Å². The van der Waals surface area contributed by atoms with Crippen molar-refractivity contribution in [2.45, 2.75) is 25.2 Å². The summed E-state index contributed by atoms with van der Waals surface area (Å²) in [7, 11) is 0. The van der Waals surface area contributed by atoms with Gasteiger partial charge in [-0.25, -0.2) is 0 Å². The molecule has 3 N–H and O–H groups in total. The Morgan fingerprint density at radius 3 is 2.70 bits per heavy atom. The van der Waals surface area contributed by atoms with Crippen LogP contribution in [0.1, 0.15) is 30.7 Å². The quantitative estimate of drug-likeness (QED) is 0.636. The van der Waals surface area contributed by atoms with Crippen molar-refractivity contribution in [2.24, 2.45) is 5.92 Å². The number of carbonyl (C=O) groups excluding carboxylic acids is 1. The van der Waals surface area contributed by atoms with Crippen molar-refractivity contribution in [1.29, 1.82) is 0 Å². The average molecular weight is 276 g/mol. The fourth-order valence-corrected chi connectivity index (χ4v) is 2.28. The normalized spacial score (nSPS) is 15.8. The molecule has 1 atom stereocenters. The Morgan fingerprint density at radius 2 is 2.05 bits per heavy atom. The van der Waals surface area contributed by atoms with Crippen molar-refractivity contribution in [3.8, 4) is 0 Å². The van der Waals surface area contributed by atoms with E-state index in [1.165, 1.54) is 12.8 Å². The largest absolute Gasteiger partial charge is 0.396 e. The molecule has 4 heteroatoms. The van der Waals surface area contributed by atoms with Gasteiger partial charge in [0.1, 0.15) is 0 Å². The van der Waals surface area contributed by atoms with Crippen molar-refractivity contribution < 1.29 is 9.90 Å². The second-order valence-corrected chi connectivity index (χ2v) is 5.50. The molecule has 0 heterocycles. The summed E-state index contributed by atoms with van der Waals surface area (Å²) in [5.74, 6) is 0.993. The molecule has 1 saturated carbocycles. The number of amides is 1. The number of rotatable bonds is 9. The van der Waals surface area contributed by atoms with Crippen LogP contribution in [-0.2, 0) is 4.79 Å². The molecule has 1 amide bonds. The lowest BCUT2D eigenvalue weighted by Gasteiger charge is -2.17. The highest BCUT2D eigenvalue weighted by molar-refractivity contribution is 5.78. The maximum Gasteiger partial charge on any atom is 0.233 e. The minimum Gasteiger partial charge on any atom is -0.396 e. The Balaban J connectivity index is 1.71. The molecule has 20 heavy (non-hydrogen) atoms. The van der Waals surface area contributed by atoms with Crippen molar-refractivity contribution in [1.82, 2.24) is 10.6 Å². The number of aliphatic hydroxyl groups is 1. The summed E-state index contributed by atoms with van der Waals surface area (Å²) in [4.78, 5) is 11.7. The van der Waals surface area contributed by atoms with Crippen LogP contribution in [-0.4, -0.2) is 37.3 Å². The smallest absolute Gasteiger partial charge is 0.233 e. The van der Waals surface area contributed by atoms with E-state index in [9.17, 15) is 4.79 Å². The number of nitrogens with one attached hydrogen (secondary N) is 2. The lowest BCUT2D eigenvalue weighted by molar-refractivity contribution is -0.120. The SMILES string of the molecule is O=C(CNCC1CC1)NCC(CCO)c1ccccc1. The third-order valence-electron chi connectivity index (χ3n) is 3.71. The van der Waals surface area contributed by atoms with E-state index in [0.29, 0.717) is 19.5 Å². The molecule has 0 bridgehead atoms. The van der Waals surface area contributed by atoms with Crippen LogP contribution in [0.5, 0.6) is 0 Å². The summed E-state index contributed by atoms with van der Waals surface area (Å²) >= 11 is 0. The van der Waals surface area contributed by atoms with Gasteiger partial charge in [0.15, 0.2) is 0 Å². The van der Waals surface area contributed by atoms with Gasteiger partial charge in [-0.1, -0.05) is 30.3 Å². The van der Waals surface area contributed by atoms with Crippen LogP contribution in [0.15, 0.2) is 30.3 Å². The summed E-state index contributed by atoms with van der Waals surface area (Å²) in [6.07, 6.45) is 3.25. The molecule has 0 spiro atoms. The molecule has 0 aromatic heterocycles. The number of benzene rings is 1. The molecule has 1 fully saturated rings. The second-order valence-electron chi connectivity index (χ2n) is 5.50. The fourth-order valence-electron chi connectivity index (χ4n) is 2.28. The third kappa shape index (κ3) is 5.31. The standard InChI is InChI=1S/C16H24N2O2/c19-9-8-15(14-4-2-1-3-5-14)11-18-16(20)12-17-10-13-6-7-13/h1-5,13,15,17,19H,6-12H2,(H,18,20). The zero-order valence-electron chi connectivity index (χ0n) is 11.8. The van der Waals surface area contributed by atoms with Crippen molar-refractivity contribution >= 4 is 5.91 Å². The van der Waals surface area contributed by atoms with Crippen LogP contribution >= 0.6 is 0 Å². The van der Waals surface area contributed by atoms with Crippen LogP contribution < -0.4 is 10.6 Å². The molecular weight excluding hydrogens is 252 g/mol. The van der Waals surface area contributed by atoms with E-state index in [2.05, 4.69) is 10.6 Å². The van der Waals surface area contributed by atoms with Gasteiger partial charge in [0, 0.05) is 19.1 Å². The molecule has 0 saturated heterocycles. The van der Waals surface area contributed by atoms with Gasteiger partial charge in [-0.2, -0.15) is 0 Å². The summed E-state index contributed by atoms with van der Waals surface area (Å²) in [5, 5.41) is 15.3. The monoisotopic (exact) mass is 276 g/mol.